The Hall–Kier alpha value is -2.29. The van der Waals surface area contributed by atoms with Crippen molar-refractivity contribution < 1.29 is 4.79 Å². The molecule has 23 heavy (non-hydrogen) atoms. The minimum Gasteiger partial charge on any atom is -0.384 e. The zero-order valence-electron chi connectivity index (χ0n) is 13.9. The normalized spacial score (nSPS) is 13.6. The summed E-state index contributed by atoms with van der Waals surface area (Å²) in [6.07, 6.45) is 1.50. The van der Waals surface area contributed by atoms with Gasteiger partial charge < -0.3 is 10.2 Å². The average molecular weight is 308 g/mol. The third kappa shape index (κ3) is 3.73. The van der Waals surface area contributed by atoms with Gasteiger partial charge in [0.2, 0.25) is 5.91 Å². The maximum atomic E-state index is 12.4. The average Bonchev–Trinajstić information content (AvgIpc) is 2.57. The lowest BCUT2D eigenvalue weighted by Gasteiger charge is -2.29. The summed E-state index contributed by atoms with van der Waals surface area (Å²) in [6, 6.07) is 14.8. The van der Waals surface area contributed by atoms with Crippen LogP contribution in [0.5, 0.6) is 0 Å². The number of anilines is 1. The van der Waals surface area contributed by atoms with Gasteiger partial charge in [-0.3, -0.25) is 4.79 Å². The van der Waals surface area contributed by atoms with E-state index in [2.05, 4.69) is 61.6 Å². The molecule has 0 spiro atoms. The molecule has 1 amide bonds. The maximum Gasteiger partial charge on any atom is 0.224 e. The first-order chi connectivity index (χ1) is 11.1. The first-order valence-electron chi connectivity index (χ1n) is 8.29. The molecule has 3 nitrogen and oxygen atoms in total. The Morgan fingerprint density at radius 1 is 1.13 bits per heavy atom. The molecule has 3 heteroatoms. The highest BCUT2D eigenvalue weighted by Crippen LogP contribution is 2.19. The summed E-state index contributed by atoms with van der Waals surface area (Å²) in [5, 5.41) is 3.40. The van der Waals surface area contributed by atoms with Crippen LogP contribution in [-0.2, 0) is 17.8 Å². The van der Waals surface area contributed by atoms with Crippen LogP contribution in [0.25, 0.3) is 0 Å². The molecule has 0 unspecified atom stereocenters. The van der Waals surface area contributed by atoms with Crippen molar-refractivity contribution >= 4 is 11.6 Å². The number of hydrogen-bond donors (Lipinski definition) is 1. The number of nitrogens with one attached hydrogen (secondary N) is 1. The molecule has 0 bridgehead atoms. The van der Waals surface area contributed by atoms with Crippen molar-refractivity contribution in [2.45, 2.75) is 33.2 Å². The Balaban J connectivity index is 1.53. The Morgan fingerprint density at radius 3 is 2.74 bits per heavy atom. The Kier molecular flexibility index (Phi) is 4.65. The molecule has 2 aromatic carbocycles. The van der Waals surface area contributed by atoms with Crippen molar-refractivity contribution in [2.75, 3.05) is 18.4 Å². The van der Waals surface area contributed by atoms with E-state index in [9.17, 15) is 4.79 Å². The summed E-state index contributed by atoms with van der Waals surface area (Å²) < 4.78 is 0. The van der Waals surface area contributed by atoms with E-state index in [4.69, 9.17) is 0 Å². The fraction of sp³-hybridized carbons (Fsp3) is 0.350. The lowest BCUT2D eigenvalue weighted by molar-refractivity contribution is -0.131. The van der Waals surface area contributed by atoms with Crippen LogP contribution in [0, 0.1) is 13.8 Å². The number of rotatable bonds is 4. The lowest BCUT2D eigenvalue weighted by Crippen LogP contribution is -2.36. The van der Waals surface area contributed by atoms with Crippen LogP contribution < -0.4 is 5.32 Å². The molecular weight excluding hydrogens is 284 g/mol. The topological polar surface area (TPSA) is 32.3 Å². The molecule has 3 rings (SSSR count). The summed E-state index contributed by atoms with van der Waals surface area (Å²) in [5.41, 5.74) is 6.24. The lowest BCUT2D eigenvalue weighted by atomic mass is 10.00. The van der Waals surface area contributed by atoms with Crippen LogP contribution in [0.1, 0.15) is 28.7 Å². The highest BCUT2D eigenvalue weighted by Gasteiger charge is 2.19. The minimum absolute atomic E-state index is 0.234. The molecule has 0 aromatic heterocycles. The third-order valence-electron chi connectivity index (χ3n) is 4.53. The second-order valence-corrected chi connectivity index (χ2v) is 6.33. The Morgan fingerprint density at radius 2 is 1.91 bits per heavy atom. The van der Waals surface area contributed by atoms with Gasteiger partial charge in [-0.2, -0.15) is 0 Å². The predicted octanol–water partition coefficient (Wildman–Crippen LogP) is 3.69. The van der Waals surface area contributed by atoms with Gasteiger partial charge in [0.15, 0.2) is 0 Å². The number of nitrogens with zero attached hydrogens (tertiary/aromatic N) is 1. The van der Waals surface area contributed by atoms with Crippen molar-refractivity contribution in [1.29, 1.82) is 0 Å². The number of benzene rings is 2. The number of carbonyl (C=O) groups is 1. The van der Waals surface area contributed by atoms with Crippen molar-refractivity contribution in [1.82, 2.24) is 4.90 Å². The van der Waals surface area contributed by atoms with Crippen LogP contribution >= 0.6 is 0 Å². The molecule has 1 aliphatic heterocycles. The number of aryl methyl sites for hydroxylation is 2. The molecule has 0 saturated heterocycles. The van der Waals surface area contributed by atoms with Crippen molar-refractivity contribution in [3.63, 3.8) is 0 Å². The standard InChI is InChI=1S/C20H24N2O/c1-15-7-8-16(2)19(13-15)21-11-9-20(23)22-12-10-17-5-3-4-6-18(17)14-22/h3-8,13,21H,9-12,14H2,1-2H3. The second-order valence-electron chi connectivity index (χ2n) is 6.33. The first-order valence-corrected chi connectivity index (χ1v) is 8.29. The highest BCUT2D eigenvalue weighted by atomic mass is 16.2. The van der Waals surface area contributed by atoms with Gasteiger partial charge in [0, 0.05) is 31.7 Å². The number of hydrogen-bond acceptors (Lipinski definition) is 2. The van der Waals surface area contributed by atoms with Crippen LogP contribution in [-0.4, -0.2) is 23.9 Å². The molecule has 0 atom stereocenters. The summed E-state index contributed by atoms with van der Waals surface area (Å²) in [4.78, 5) is 14.4. The number of amides is 1. The summed E-state index contributed by atoms with van der Waals surface area (Å²) in [6.45, 7) is 6.44. The van der Waals surface area contributed by atoms with Crippen LogP contribution in [0.3, 0.4) is 0 Å². The third-order valence-corrected chi connectivity index (χ3v) is 4.53. The van der Waals surface area contributed by atoms with Crippen LogP contribution in [0.2, 0.25) is 0 Å². The predicted molar refractivity (Wildman–Crippen MR) is 94.6 cm³/mol. The zero-order chi connectivity index (χ0) is 16.2. The van der Waals surface area contributed by atoms with Crippen molar-refractivity contribution in [3.05, 3.63) is 64.7 Å². The van der Waals surface area contributed by atoms with E-state index in [-0.39, 0.29) is 5.91 Å². The van der Waals surface area contributed by atoms with Gasteiger partial charge in [-0.25, -0.2) is 0 Å². The SMILES string of the molecule is Cc1ccc(C)c(NCCC(=O)N2CCc3ccccc3C2)c1. The molecule has 1 aliphatic rings. The highest BCUT2D eigenvalue weighted by molar-refractivity contribution is 5.77. The number of carbonyl (C=O) groups excluding carboxylic acids is 1. The molecule has 0 radical (unpaired) electrons. The van der Waals surface area contributed by atoms with Crippen LogP contribution in [0.15, 0.2) is 42.5 Å². The Labute approximate surface area is 138 Å². The largest absolute Gasteiger partial charge is 0.384 e. The molecule has 0 saturated carbocycles. The van der Waals surface area contributed by atoms with E-state index in [0.29, 0.717) is 13.0 Å². The summed E-state index contributed by atoms with van der Waals surface area (Å²) in [5.74, 6) is 0.234. The second kappa shape index (κ2) is 6.86. The van der Waals surface area contributed by atoms with E-state index in [1.54, 1.807) is 0 Å². The van der Waals surface area contributed by atoms with E-state index >= 15 is 0 Å². The van der Waals surface area contributed by atoms with Gasteiger partial charge in [0.25, 0.3) is 0 Å². The molecule has 0 aliphatic carbocycles. The molecule has 0 fully saturated rings. The monoisotopic (exact) mass is 308 g/mol. The summed E-state index contributed by atoms with van der Waals surface area (Å²) >= 11 is 0. The van der Waals surface area contributed by atoms with Gasteiger partial charge in [-0.1, -0.05) is 36.4 Å². The molecule has 2 aromatic rings. The maximum absolute atomic E-state index is 12.4. The Bertz CT molecular complexity index is 709. The molecule has 1 heterocycles. The fourth-order valence-electron chi connectivity index (χ4n) is 3.10. The van der Waals surface area contributed by atoms with Gasteiger partial charge >= 0.3 is 0 Å². The number of fused-ring (bicyclic) bond motifs is 1. The van der Waals surface area contributed by atoms with Gasteiger partial charge in [-0.15, -0.1) is 0 Å². The van der Waals surface area contributed by atoms with E-state index in [0.717, 1.165) is 25.2 Å². The van der Waals surface area contributed by atoms with Crippen molar-refractivity contribution in [3.8, 4) is 0 Å². The molecule has 120 valence electrons. The zero-order valence-corrected chi connectivity index (χ0v) is 13.9. The molecular formula is C20H24N2O. The molecule has 1 N–H and O–H groups in total. The van der Waals surface area contributed by atoms with Gasteiger partial charge in [0.1, 0.15) is 0 Å². The van der Waals surface area contributed by atoms with E-state index < -0.39 is 0 Å². The van der Waals surface area contributed by atoms with Gasteiger partial charge in [-0.05, 0) is 48.6 Å². The summed E-state index contributed by atoms with van der Waals surface area (Å²) in [7, 11) is 0. The smallest absolute Gasteiger partial charge is 0.224 e. The first kappa shape index (κ1) is 15.6. The van der Waals surface area contributed by atoms with Crippen molar-refractivity contribution in [2.24, 2.45) is 0 Å². The fourth-order valence-corrected chi connectivity index (χ4v) is 3.10. The van der Waals surface area contributed by atoms with E-state index in [1.165, 1.54) is 22.3 Å². The van der Waals surface area contributed by atoms with Gasteiger partial charge in [0.05, 0.1) is 0 Å². The quantitative estimate of drug-likeness (QED) is 0.934. The van der Waals surface area contributed by atoms with E-state index in [1.807, 2.05) is 4.90 Å². The van der Waals surface area contributed by atoms with Crippen LogP contribution in [0.4, 0.5) is 5.69 Å². The minimum atomic E-state index is 0.234.